The lowest BCUT2D eigenvalue weighted by atomic mass is 10.1. The highest BCUT2D eigenvalue weighted by Crippen LogP contribution is 2.22. The molecule has 1 N–H and O–H groups in total. The second-order valence-electron chi connectivity index (χ2n) is 7.02. The molecule has 30 heavy (non-hydrogen) atoms. The molecular weight excluding hydrogens is 484 g/mol. The smallest absolute Gasteiger partial charge is 0.242 e. The summed E-state index contributed by atoms with van der Waals surface area (Å²) >= 11 is 11.0. The first-order valence-electron chi connectivity index (χ1n) is 10.1. The van der Waals surface area contributed by atoms with E-state index in [9.17, 15) is 9.59 Å². The number of nitrogens with zero attached hydrogens (tertiary/aromatic N) is 1. The molecule has 0 heterocycles. The molecule has 162 valence electrons. The number of halogens is 2. The van der Waals surface area contributed by atoms with E-state index in [1.54, 1.807) is 23.6 Å². The van der Waals surface area contributed by atoms with E-state index in [1.807, 2.05) is 48.5 Å². The number of amides is 2. The molecule has 0 spiro atoms. The molecule has 2 aromatic carbocycles. The fraction of sp³-hybridized carbons (Fsp3) is 0.391. The normalized spacial score (nSPS) is 11.7. The third-order valence-electron chi connectivity index (χ3n) is 4.66. The van der Waals surface area contributed by atoms with Crippen molar-refractivity contribution < 1.29 is 9.59 Å². The first-order chi connectivity index (χ1) is 14.4. The van der Waals surface area contributed by atoms with Crippen molar-refractivity contribution in [3.05, 3.63) is 63.6 Å². The third kappa shape index (κ3) is 8.32. The average Bonchev–Trinajstić information content (AvgIpc) is 2.74. The Balaban J connectivity index is 2.02. The second kappa shape index (κ2) is 13.0. The Bertz CT molecular complexity index is 815. The summed E-state index contributed by atoms with van der Waals surface area (Å²) in [6.07, 6.45) is 2.30. The van der Waals surface area contributed by atoms with Gasteiger partial charge in [0, 0.05) is 39.7 Å². The van der Waals surface area contributed by atoms with Gasteiger partial charge in [-0.3, -0.25) is 9.59 Å². The van der Waals surface area contributed by atoms with Crippen LogP contribution in [0, 0.1) is 0 Å². The maximum Gasteiger partial charge on any atom is 0.242 e. The van der Waals surface area contributed by atoms with E-state index in [2.05, 4.69) is 28.2 Å². The number of carbonyl (C=O) groups excluding carboxylic acids is 2. The van der Waals surface area contributed by atoms with Crippen molar-refractivity contribution in [3.63, 3.8) is 0 Å². The van der Waals surface area contributed by atoms with Gasteiger partial charge in [-0.15, -0.1) is 11.8 Å². The number of hydrogen-bond donors (Lipinski definition) is 1. The summed E-state index contributed by atoms with van der Waals surface area (Å²) in [5, 5.41) is 3.64. The van der Waals surface area contributed by atoms with Gasteiger partial charge in [-0.1, -0.05) is 53.0 Å². The van der Waals surface area contributed by atoms with Gasteiger partial charge in [-0.2, -0.15) is 0 Å². The molecule has 0 saturated heterocycles. The molecule has 0 bridgehead atoms. The number of hydrogen-bond acceptors (Lipinski definition) is 3. The van der Waals surface area contributed by atoms with Crippen molar-refractivity contribution in [2.24, 2.45) is 0 Å². The number of nitrogens with one attached hydrogen (secondary N) is 1. The van der Waals surface area contributed by atoms with E-state index in [0.717, 1.165) is 27.8 Å². The Morgan fingerprint density at radius 1 is 1.13 bits per heavy atom. The van der Waals surface area contributed by atoms with E-state index < -0.39 is 6.04 Å². The number of thioether (sulfide) groups is 1. The standard InChI is InChI=1S/C23H28BrClN2O2S/c1-3-4-14-26-23(29)17(2)27(16-18-5-7-19(24)8-6-18)22(28)13-15-30-21-11-9-20(25)10-12-21/h5-12,17H,3-4,13-16H2,1-2H3,(H,26,29). The molecule has 1 atom stereocenters. The third-order valence-corrected chi connectivity index (χ3v) is 6.46. The van der Waals surface area contributed by atoms with Crippen LogP contribution in [-0.4, -0.2) is 35.1 Å². The molecule has 0 saturated carbocycles. The molecule has 0 fully saturated rings. The molecule has 1 unspecified atom stereocenters. The lowest BCUT2D eigenvalue weighted by Crippen LogP contribution is -2.47. The Morgan fingerprint density at radius 2 is 1.80 bits per heavy atom. The summed E-state index contributed by atoms with van der Waals surface area (Å²) in [4.78, 5) is 28.4. The SMILES string of the molecule is CCCCNC(=O)C(C)N(Cc1ccc(Br)cc1)C(=O)CCSc1ccc(Cl)cc1. The first-order valence-corrected chi connectivity index (χ1v) is 12.3. The van der Waals surface area contributed by atoms with Gasteiger partial charge in [-0.25, -0.2) is 0 Å². The second-order valence-corrected chi connectivity index (χ2v) is 9.54. The Morgan fingerprint density at radius 3 is 2.43 bits per heavy atom. The van der Waals surface area contributed by atoms with Crippen molar-refractivity contribution in [2.75, 3.05) is 12.3 Å². The molecule has 0 aliphatic rings. The van der Waals surface area contributed by atoms with Crippen LogP contribution in [0.15, 0.2) is 57.9 Å². The van der Waals surface area contributed by atoms with Crippen LogP contribution >= 0.6 is 39.3 Å². The van der Waals surface area contributed by atoms with Crippen LogP contribution in [0.25, 0.3) is 0 Å². The van der Waals surface area contributed by atoms with Crippen molar-refractivity contribution in [1.82, 2.24) is 10.2 Å². The van der Waals surface area contributed by atoms with Gasteiger partial charge >= 0.3 is 0 Å². The van der Waals surface area contributed by atoms with E-state index >= 15 is 0 Å². The Kier molecular flexibility index (Phi) is 10.8. The molecule has 0 aromatic heterocycles. The van der Waals surface area contributed by atoms with Gasteiger partial charge in [0.05, 0.1) is 0 Å². The fourth-order valence-electron chi connectivity index (χ4n) is 2.84. The van der Waals surface area contributed by atoms with Crippen molar-refractivity contribution in [3.8, 4) is 0 Å². The summed E-state index contributed by atoms with van der Waals surface area (Å²) in [7, 11) is 0. The molecule has 0 aliphatic heterocycles. The zero-order valence-electron chi connectivity index (χ0n) is 17.4. The zero-order valence-corrected chi connectivity index (χ0v) is 20.5. The van der Waals surface area contributed by atoms with Gasteiger partial charge in [0.1, 0.15) is 6.04 Å². The van der Waals surface area contributed by atoms with E-state index in [4.69, 9.17) is 11.6 Å². The summed E-state index contributed by atoms with van der Waals surface area (Å²) < 4.78 is 0.980. The van der Waals surface area contributed by atoms with Crippen LogP contribution in [-0.2, 0) is 16.1 Å². The highest BCUT2D eigenvalue weighted by Gasteiger charge is 2.25. The van der Waals surface area contributed by atoms with Crippen molar-refractivity contribution in [1.29, 1.82) is 0 Å². The van der Waals surface area contributed by atoms with Gasteiger partial charge in [-0.05, 0) is 55.3 Å². The number of carbonyl (C=O) groups is 2. The summed E-state index contributed by atoms with van der Waals surface area (Å²) in [5.41, 5.74) is 0.991. The van der Waals surface area contributed by atoms with Crippen LogP contribution in [0.5, 0.6) is 0 Å². The molecule has 2 amide bonds. The highest BCUT2D eigenvalue weighted by molar-refractivity contribution is 9.10. The van der Waals surface area contributed by atoms with Crippen LogP contribution in [0.2, 0.25) is 5.02 Å². The van der Waals surface area contributed by atoms with Crippen molar-refractivity contribution >= 4 is 51.1 Å². The summed E-state index contributed by atoms with van der Waals surface area (Å²) in [5.74, 6) is 0.498. The Labute approximate surface area is 196 Å². The predicted octanol–water partition coefficient (Wildman–Crippen LogP) is 5.92. The minimum absolute atomic E-state index is 0.0301. The zero-order chi connectivity index (χ0) is 21.9. The molecule has 4 nitrogen and oxygen atoms in total. The van der Waals surface area contributed by atoms with Crippen LogP contribution < -0.4 is 5.32 Å². The quantitative estimate of drug-likeness (QED) is 0.301. The lowest BCUT2D eigenvalue weighted by molar-refractivity contribution is -0.140. The monoisotopic (exact) mass is 510 g/mol. The largest absolute Gasteiger partial charge is 0.354 e. The average molecular weight is 512 g/mol. The maximum absolute atomic E-state index is 13.0. The maximum atomic E-state index is 13.0. The molecule has 0 aliphatic carbocycles. The molecular formula is C23H28BrClN2O2S. The van der Waals surface area contributed by atoms with Crippen LogP contribution in [0.1, 0.15) is 38.7 Å². The number of rotatable bonds is 11. The fourth-order valence-corrected chi connectivity index (χ4v) is 4.07. The number of benzene rings is 2. The number of unbranched alkanes of at least 4 members (excludes halogenated alkanes) is 1. The predicted molar refractivity (Wildman–Crippen MR) is 129 cm³/mol. The summed E-state index contributed by atoms with van der Waals surface area (Å²) in [6.45, 7) is 4.91. The minimum atomic E-state index is -0.529. The van der Waals surface area contributed by atoms with E-state index in [-0.39, 0.29) is 11.8 Å². The van der Waals surface area contributed by atoms with Gasteiger partial charge in [0.25, 0.3) is 0 Å². The van der Waals surface area contributed by atoms with Gasteiger partial charge < -0.3 is 10.2 Å². The Hall–Kier alpha value is -1.50. The van der Waals surface area contributed by atoms with E-state index in [0.29, 0.717) is 30.3 Å². The molecule has 0 radical (unpaired) electrons. The first kappa shape index (κ1) is 24.8. The van der Waals surface area contributed by atoms with Crippen LogP contribution in [0.4, 0.5) is 0 Å². The summed E-state index contributed by atoms with van der Waals surface area (Å²) in [6, 6.07) is 14.9. The van der Waals surface area contributed by atoms with Crippen LogP contribution in [0.3, 0.4) is 0 Å². The van der Waals surface area contributed by atoms with E-state index in [1.165, 1.54) is 0 Å². The van der Waals surface area contributed by atoms with Gasteiger partial charge in [0.2, 0.25) is 11.8 Å². The molecule has 2 rings (SSSR count). The van der Waals surface area contributed by atoms with Crippen molar-refractivity contribution in [2.45, 2.75) is 50.6 Å². The lowest BCUT2D eigenvalue weighted by Gasteiger charge is -2.29. The molecule has 2 aromatic rings. The minimum Gasteiger partial charge on any atom is -0.354 e. The van der Waals surface area contributed by atoms with Gasteiger partial charge in [0.15, 0.2) is 0 Å². The molecule has 7 heteroatoms. The highest BCUT2D eigenvalue weighted by atomic mass is 79.9. The topological polar surface area (TPSA) is 49.4 Å².